The van der Waals surface area contributed by atoms with Crippen molar-refractivity contribution < 1.29 is 0 Å². The molecule has 0 aliphatic carbocycles. The number of hydrogen-bond donors (Lipinski definition) is 1. The third-order valence-electron chi connectivity index (χ3n) is 2.73. The van der Waals surface area contributed by atoms with Gasteiger partial charge in [-0.15, -0.1) is 5.10 Å². The lowest BCUT2D eigenvalue weighted by Crippen LogP contribution is -2.27. The van der Waals surface area contributed by atoms with Crippen LogP contribution in [0.25, 0.3) is 0 Å². The van der Waals surface area contributed by atoms with Crippen molar-refractivity contribution >= 4 is 23.0 Å². The van der Waals surface area contributed by atoms with Crippen molar-refractivity contribution in [1.82, 2.24) is 15.2 Å². The molecule has 0 saturated carbocycles. The summed E-state index contributed by atoms with van der Waals surface area (Å²) in [7, 11) is 0. The fraction of sp³-hybridized carbons (Fsp3) is 0.231. The van der Waals surface area contributed by atoms with Crippen molar-refractivity contribution in [2.45, 2.75) is 13.5 Å². The molecule has 2 aromatic rings. The molecular formula is C13H15N5S. The minimum Gasteiger partial charge on any atom is -0.389 e. The highest BCUT2D eigenvalue weighted by Gasteiger charge is 2.14. The summed E-state index contributed by atoms with van der Waals surface area (Å²) < 4.78 is 0. The van der Waals surface area contributed by atoms with Crippen LogP contribution >= 0.6 is 12.2 Å². The summed E-state index contributed by atoms with van der Waals surface area (Å²) in [6.45, 7) is 3.46. The highest BCUT2D eigenvalue weighted by molar-refractivity contribution is 7.80. The van der Waals surface area contributed by atoms with E-state index >= 15 is 0 Å². The molecule has 0 aliphatic rings. The Morgan fingerprint density at radius 2 is 2.16 bits per heavy atom. The van der Waals surface area contributed by atoms with Crippen LogP contribution in [0.3, 0.4) is 0 Å². The third-order valence-corrected chi connectivity index (χ3v) is 2.95. The average molecular weight is 273 g/mol. The lowest BCUT2D eigenvalue weighted by Gasteiger charge is -2.22. The average Bonchev–Trinajstić information content (AvgIpc) is 2.46. The van der Waals surface area contributed by atoms with Crippen LogP contribution in [0.15, 0.2) is 36.7 Å². The summed E-state index contributed by atoms with van der Waals surface area (Å²) in [4.78, 5) is 6.68. The van der Waals surface area contributed by atoms with Crippen LogP contribution in [0, 0.1) is 0 Å². The molecule has 2 heterocycles. The Hall–Kier alpha value is -2.08. The number of nitrogens with zero attached hydrogens (tertiary/aromatic N) is 4. The SMILES string of the molecule is CCN(Cc1ccccn1)c1nnccc1C(N)=S. The van der Waals surface area contributed by atoms with Crippen LogP contribution in [0.4, 0.5) is 5.82 Å². The first-order valence-corrected chi connectivity index (χ1v) is 6.39. The zero-order chi connectivity index (χ0) is 13.7. The van der Waals surface area contributed by atoms with Gasteiger partial charge in [-0.05, 0) is 25.1 Å². The normalized spacial score (nSPS) is 10.2. The second-order valence-corrected chi connectivity index (χ2v) is 4.41. The lowest BCUT2D eigenvalue weighted by atomic mass is 10.2. The van der Waals surface area contributed by atoms with Crippen molar-refractivity contribution in [1.29, 1.82) is 0 Å². The number of pyridine rings is 1. The van der Waals surface area contributed by atoms with Crippen molar-refractivity contribution in [3.05, 3.63) is 47.9 Å². The molecule has 0 aliphatic heterocycles. The molecule has 0 radical (unpaired) electrons. The predicted molar refractivity (Wildman–Crippen MR) is 78.9 cm³/mol. The number of thiocarbonyl (C=S) groups is 1. The molecule has 0 aromatic carbocycles. The summed E-state index contributed by atoms with van der Waals surface area (Å²) in [5.74, 6) is 0.697. The largest absolute Gasteiger partial charge is 0.389 e. The van der Waals surface area contributed by atoms with Gasteiger partial charge in [-0.25, -0.2) is 0 Å². The Morgan fingerprint density at radius 1 is 1.32 bits per heavy atom. The number of rotatable bonds is 5. The molecule has 0 fully saturated rings. The van der Waals surface area contributed by atoms with E-state index in [9.17, 15) is 0 Å². The van der Waals surface area contributed by atoms with Gasteiger partial charge in [-0.3, -0.25) is 4.98 Å². The number of nitrogens with two attached hydrogens (primary N) is 1. The molecule has 0 bridgehead atoms. The number of anilines is 1. The first kappa shape index (κ1) is 13.4. The highest BCUT2D eigenvalue weighted by atomic mass is 32.1. The third kappa shape index (κ3) is 3.23. The molecule has 0 spiro atoms. The van der Waals surface area contributed by atoms with E-state index in [1.165, 1.54) is 0 Å². The van der Waals surface area contributed by atoms with E-state index in [4.69, 9.17) is 18.0 Å². The Bertz CT molecular complexity index is 558. The molecule has 19 heavy (non-hydrogen) atoms. The first-order chi connectivity index (χ1) is 9.22. The van der Waals surface area contributed by atoms with Crippen molar-refractivity contribution in [3.63, 3.8) is 0 Å². The summed E-state index contributed by atoms with van der Waals surface area (Å²) in [5, 5.41) is 8.06. The van der Waals surface area contributed by atoms with Gasteiger partial charge in [-0.2, -0.15) is 5.10 Å². The van der Waals surface area contributed by atoms with Gasteiger partial charge in [0.1, 0.15) is 4.99 Å². The zero-order valence-electron chi connectivity index (χ0n) is 10.7. The Balaban J connectivity index is 2.30. The van der Waals surface area contributed by atoms with Gasteiger partial charge in [0, 0.05) is 12.7 Å². The van der Waals surface area contributed by atoms with Crippen molar-refractivity contribution in [2.24, 2.45) is 5.73 Å². The fourth-order valence-electron chi connectivity index (χ4n) is 1.77. The van der Waals surface area contributed by atoms with Gasteiger partial charge in [0.15, 0.2) is 5.82 Å². The minimum absolute atomic E-state index is 0.323. The monoisotopic (exact) mass is 273 g/mol. The van der Waals surface area contributed by atoms with Crippen LogP contribution in [0.5, 0.6) is 0 Å². The van der Waals surface area contributed by atoms with Gasteiger partial charge in [0.05, 0.1) is 24.0 Å². The molecule has 0 atom stereocenters. The van der Waals surface area contributed by atoms with Gasteiger partial charge < -0.3 is 10.6 Å². The van der Waals surface area contributed by atoms with Gasteiger partial charge in [0.2, 0.25) is 0 Å². The molecule has 2 aromatic heterocycles. The highest BCUT2D eigenvalue weighted by Crippen LogP contribution is 2.17. The van der Waals surface area contributed by atoms with E-state index in [0.717, 1.165) is 17.8 Å². The maximum Gasteiger partial charge on any atom is 0.161 e. The van der Waals surface area contributed by atoms with Crippen LogP contribution in [0.2, 0.25) is 0 Å². The van der Waals surface area contributed by atoms with E-state index in [-0.39, 0.29) is 0 Å². The molecule has 0 unspecified atom stereocenters. The fourth-order valence-corrected chi connectivity index (χ4v) is 1.93. The molecule has 0 saturated heterocycles. The number of aromatic nitrogens is 3. The molecule has 2 rings (SSSR count). The van der Waals surface area contributed by atoms with Gasteiger partial charge in [-0.1, -0.05) is 18.3 Å². The molecule has 6 heteroatoms. The number of hydrogen-bond acceptors (Lipinski definition) is 5. The molecular weight excluding hydrogens is 258 g/mol. The topological polar surface area (TPSA) is 67.9 Å². The Morgan fingerprint density at radius 3 is 2.79 bits per heavy atom. The van der Waals surface area contributed by atoms with E-state index in [2.05, 4.69) is 15.2 Å². The van der Waals surface area contributed by atoms with Crippen molar-refractivity contribution in [2.75, 3.05) is 11.4 Å². The predicted octanol–water partition coefficient (Wildman–Crippen LogP) is 1.53. The maximum absolute atomic E-state index is 5.72. The first-order valence-electron chi connectivity index (χ1n) is 5.98. The van der Waals surface area contributed by atoms with E-state index < -0.39 is 0 Å². The molecule has 98 valence electrons. The maximum atomic E-state index is 5.72. The second kappa shape index (κ2) is 6.19. The second-order valence-electron chi connectivity index (χ2n) is 3.97. The van der Waals surface area contributed by atoms with Crippen LogP contribution in [-0.2, 0) is 6.54 Å². The lowest BCUT2D eigenvalue weighted by molar-refractivity contribution is 0.778. The smallest absolute Gasteiger partial charge is 0.161 e. The Labute approximate surface area is 117 Å². The summed E-state index contributed by atoms with van der Waals surface area (Å²) in [6.07, 6.45) is 3.36. The van der Waals surface area contributed by atoms with Gasteiger partial charge in [0.25, 0.3) is 0 Å². The minimum atomic E-state index is 0.323. The summed E-state index contributed by atoms with van der Waals surface area (Å²) >= 11 is 5.05. The molecule has 5 nitrogen and oxygen atoms in total. The summed E-state index contributed by atoms with van der Waals surface area (Å²) in [5.41, 5.74) is 7.42. The van der Waals surface area contributed by atoms with Crippen LogP contribution < -0.4 is 10.6 Å². The van der Waals surface area contributed by atoms with E-state index in [1.54, 1.807) is 18.5 Å². The van der Waals surface area contributed by atoms with Gasteiger partial charge >= 0.3 is 0 Å². The van der Waals surface area contributed by atoms with E-state index in [0.29, 0.717) is 17.4 Å². The van der Waals surface area contributed by atoms with Crippen molar-refractivity contribution in [3.8, 4) is 0 Å². The van der Waals surface area contributed by atoms with Crippen LogP contribution in [-0.4, -0.2) is 26.7 Å². The summed E-state index contributed by atoms with van der Waals surface area (Å²) in [6, 6.07) is 7.61. The Kier molecular flexibility index (Phi) is 4.35. The van der Waals surface area contributed by atoms with E-state index in [1.807, 2.05) is 30.0 Å². The molecule has 0 amide bonds. The zero-order valence-corrected chi connectivity index (χ0v) is 11.5. The molecule has 2 N–H and O–H groups in total. The quantitative estimate of drug-likeness (QED) is 0.833. The van der Waals surface area contributed by atoms with Crippen LogP contribution in [0.1, 0.15) is 18.2 Å². The standard InChI is InChI=1S/C13H15N5S/c1-2-18(9-10-5-3-4-7-15-10)13-11(12(14)19)6-8-16-17-13/h3-8H,2,9H2,1H3,(H2,14,19).